The second-order valence-corrected chi connectivity index (χ2v) is 3.22. The second kappa shape index (κ2) is 4.34. The highest BCUT2D eigenvalue weighted by Gasteiger charge is 2.26. The Kier molecular flexibility index (Phi) is 4.11. The minimum absolute atomic E-state index is 0.207. The fourth-order valence-corrected chi connectivity index (χ4v) is 0.473. The van der Waals surface area contributed by atoms with Crippen molar-refractivity contribution in [2.24, 2.45) is 11.1 Å². The average Bonchev–Trinajstić information content (AvgIpc) is 2.00. The van der Waals surface area contributed by atoms with Crippen molar-refractivity contribution in [1.29, 1.82) is 0 Å². The fourth-order valence-electron chi connectivity index (χ4n) is 0.473. The van der Waals surface area contributed by atoms with Gasteiger partial charge < -0.3 is 10.5 Å². The van der Waals surface area contributed by atoms with Gasteiger partial charge in [0.1, 0.15) is 0 Å². The Morgan fingerprint density at radius 1 is 1.55 bits per heavy atom. The van der Waals surface area contributed by atoms with E-state index < -0.39 is 5.41 Å². The van der Waals surface area contributed by atoms with Crippen LogP contribution in [0.3, 0.4) is 0 Å². The Labute approximate surface area is 67.9 Å². The predicted molar refractivity (Wildman–Crippen MR) is 44.1 cm³/mol. The number of ether oxygens (including phenoxy) is 1. The molecule has 3 heteroatoms. The molecule has 0 aliphatic heterocycles. The molecule has 0 saturated heterocycles. The Morgan fingerprint density at radius 2 is 2.09 bits per heavy atom. The van der Waals surface area contributed by atoms with E-state index in [9.17, 15) is 4.79 Å². The van der Waals surface area contributed by atoms with Crippen LogP contribution in [0, 0.1) is 5.41 Å². The van der Waals surface area contributed by atoms with E-state index in [1.165, 1.54) is 0 Å². The van der Waals surface area contributed by atoms with E-state index in [2.05, 4.69) is 0 Å². The van der Waals surface area contributed by atoms with Gasteiger partial charge in [0.2, 0.25) is 0 Å². The van der Waals surface area contributed by atoms with Gasteiger partial charge in [-0.05, 0) is 20.3 Å². The van der Waals surface area contributed by atoms with Gasteiger partial charge in [-0.25, -0.2) is 0 Å². The van der Waals surface area contributed by atoms with Crippen LogP contribution in [0.15, 0.2) is 0 Å². The van der Waals surface area contributed by atoms with Gasteiger partial charge in [-0.1, -0.05) is 6.92 Å². The average molecular weight is 159 g/mol. The van der Waals surface area contributed by atoms with Crippen LogP contribution in [-0.2, 0) is 9.53 Å². The van der Waals surface area contributed by atoms with E-state index in [-0.39, 0.29) is 5.97 Å². The SMILES string of the molecule is CCCOC(=O)C(C)(C)CN. The van der Waals surface area contributed by atoms with Gasteiger partial charge in [0.15, 0.2) is 0 Å². The van der Waals surface area contributed by atoms with E-state index in [0.29, 0.717) is 13.2 Å². The first-order valence-corrected chi connectivity index (χ1v) is 3.92. The first-order valence-electron chi connectivity index (χ1n) is 3.92. The largest absolute Gasteiger partial charge is 0.465 e. The van der Waals surface area contributed by atoms with Gasteiger partial charge in [-0.2, -0.15) is 0 Å². The second-order valence-electron chi connectivity index (χ2n) is 3.22. The number of carbonyl (C=O) groups is 1. The molecule has 0 radical (unpaired) electrons. The van der Waals surface area contributed by atoms with E-state index in [1.807, 2.05) is 6.92 Å². The highest BCUT2D eigenvalue weighted by molar-refractivity contribution is 5.76. The molecule has 0 atom stereocenters. The van der Waals surface area contributed by atoms with Gasteiger partial charge in [0.25, 0.3) is 0 Å². The van der Waals surface area contributed by atoms with Gasteiger partial charge >= 0.3 is 5.97 Å². The van der Waals surface area contributed by atoms with Crippen LogP contribution < -0.4 is 5.73 Å². The number of hydrogen-bond donors (Lipinski definition) is 1. The van der Waals surface area contributed by atoms with E-state index in [0.717, 1.165) is 6.42 Å². The summed E-state index contributed by atoms with van der Waals surface area (Å²) in [5, 5.41) is 0. The summed E-state index contributed by atoms with van der Waals surface area (Å²) in [5.74, 6) is -0.207. The molecule has 0 fully saturated rings. The molecule has 0 saturated carbocycles. The molecule has 66 valence electrons. The molecule has 0 heterocycles. The Balaban J connectivity index is 3.82. The molecule has 0 unspecified atom stereocenters. The summed E-state index contributed by atoms with van der Waals surface area (Å²) in [5.41, 5.74) is 4.85. The molecule has 2 N–H and O–H groups in total. The first kappa shape index (κ1) is 10.4. The van der Waals surface area contributed by atoms with Crippen molar-refractivity contribution < 1.29 is 9.53 Å². The summed E-state index contributed by atoms with van der Waals surface area (Å²) >= 11 is 0. The minimum Gasteiger partial charge on any atom is -0.465 e. The Hall–Kier alpha value is -0.570. The van der Waals surface area contributed by atoms with Gasteiger partial charge in [-0.3, -0.25) is 4.79 Å². The molecule has 0 aliphatic rings. The first-order chi connectivity index (χ1) is 5.04. The summed E-state index contributed by atoms with van der Waals surface area (Å²) in [6.45, 7) is 6.34. The zero-order chi connectivity index (χ0) is 8.91. The molecule has 0 spiro atoms. The van der Waals surface area contributed by atoms with Crippen LogP contribution in [0.5, 0.6) is 0 Å². The summed E-state index contributed by atoms with van der Waals surface area (Å²) in [6, 6.07) is 0. The standard InChI is InChI=1S/C8H17NO2/c1-4-5-11-7(10)8(2,3)6-9/h4-6,9H2,1-3H3. The molecule has 0 rings (SSSR count). The van der Waals surface area contributed by atoms with Crippen LogP contribution in [0.4, 0.5) is 0 Å². The zero-order valence-corrected chi connectivity index (χ0v) is 7.52. The van der Waals surface area contributed by atoms with Crippen molar-refractivity contribution in [3.8, 4) is 0 Å². The number of hydrogen-bond acceptors (Lipinski definition) is 3. The van der Waals surface area contributed by atoms with Crippen molar-refractivity contribution in [2.75, 3.05) is 13.2 Å². The maximum atomic E-state index is 11.2. The molecule has 11 heavy (non-hydrogen) atoms. The minimum atomic E-state index is -0.533. The van der Waals surface area contributed by atoms with Gasteiger partial charge in [-0.15, -0.1) is 0 Å². The van der Waals surface area contributed by atoms with Gasteiger partial charge in [0, 0.05) is 6.54 Å². The van der Waals surface area contributed by atoms with Crippen LogP contribution >= 0.6 is 0 Å². The third-order valence-corrected chi connectivity index (χ3v) is 1.50. The van der Waals surface area contributed by atoms with Crippen LogP contribution in [0.2, 0.25) is 0 Å². The molecule has 3 nitrogen and oxygen atoms in total. The molecule has 0 aromatic heterocycles. The normalized spacial score (nSPS) is 11.3. The summed E-state index contributed by atoms with van der Waals surface area (Å²) < 4.78 is 4.93. The molecular formula is C8H17NO2. The summed E-state index contributed by atoms with van der Waals surface area (Å²) in [4.78, 5) is 11.2. The van der Waals surface area contributed by atoms with Crippen molar-refractivity contribution >= 4 is 5.97 Å². The maximum Gasteiger partial charge on any atom is 0.312 e. The zero-order valence-electron chi connectivity index (χ0n) is 7.52. The number of rotatable bonds is 4. The monoisotopic (exact) mass is 159 g/mol. The third-order valence-electron chi connectivity index (χ3n) is 1.50. The highest BCUT2D eigenvalue weighted by Crippen LogP contribution is 2.14. The summed E-state index contributed by atoms with van der Waals surface area (Å²) in [6.07, 6.45) is 0.854. The number of nitrogens with two attached hydrogens (primary N) is 1. The molecular weight excluding hydrogens is 142 g/mol. The van der Waals surface area contributed by atoms with Crippen LogP contribution in [-0.4, -0.2) is 19.1 Å². The van der Waals surface area contributed by atoms with Crippen LogP contribution in [0.1, 0.15) is 27.2 Å². The fraction of sp³-hybridized carbons (Fsp3) is 0.875. The van der Waals surface area contributed by atoms with E-state index >= 15 is 0 Å². The topological polar surface area (TPSA) is 52.3 Å². The highest BCUT2D eigenvalue weighted by atomic mass is 16.5. The molecule has 0 aliphatic carbocycles. The molecule has 0 bridgehead atoms. The Bertz CT molecular complexity index is 132. The van der Waals surface area contributed by atoms with Crippen molar-refractivity contribution in [1.82, 2.24) is 0 Å². The van der Waals surface area contributed by atoms with Gasteiger partial charge in [0.05, 0.1) is 12.0 Å². The smallest absolute Gasteiger partial charge is 0.312 e. The maximum absolute atomic E-state index is 11.2. The van der Waals surface area contributed by atoms with Crippen LogP contribution in [0.25, 0.3) is 0 Å². The van der Waals surface area contributed by atoms with Crippen molar-refractivity contribution in [2.45, 2.75) is 27.2 Å². The lowest BCUT2D eigenvalue weighted by atomic mass is 9.94. The quantitative estimate of drug-likeness (QED) is 0.621. The van der Waals surface area contributed by atoms with Crippen molar-refractivity contribution in [3.05, 3.63) is 0 Å². The van der Waals surface area contributed by atoms with E-state index in [1.54, 1.807) is 13.8 Å². The molecule has 0 aromatic carbocycles. The van der Waals surface area contributed by atoms with Crippen molar-refractivity contribution in [3.63, 3.8) is 0 Å². The Morgan fingerprint density at radius 3 is 2.45 bits per heavy atom. The number of carbonyl (C=O) groups excluding carboxylic acids is 1. The van der Waals surface area contributed by atoms with E-state index in [4.69, 9.17) is 10.5 Å². The molecule has 0 amide bonds. The summed E-state index contributed by atoms with van der Waals surface area (Å²) in [7, 11) is 0. The third kappa shape index (κ3) is 3.37. The lowest BCUT2D eigenvalue weighted by molar-refractivity contribution is -0.153. The lowest BCUT2D eigenvalue weighted by Crippen LogP contribution is -2.34. The predicted octanol–water partition coefficient (Wildman–Crippen LogP) is 0.924. The lowest BCUT2D eigenvalue weighted by Gasteiger charge is -2.19. The molecule has 0 aromatic rings. The number of esters is 1.